The SMILES string of the molecule is CCn1nnc2cc(C(=O)OCC(=O)NC3CCCC3)ccc21. The number of hydrogen-bond donors (Lipinski definition) is 1. The van der Waals surface area contributed by atoms with Crippen LogP contribution in [0.3, 0.4) is 0 Å². The summed E-state index contributed by atoms with van der Waals surface area (Å²) in [6, 6.07) is 5.30. The third kappa shape index (κ3) is 3.49. The van der Waals surface area contributed by atoms with Crippen molar-refractivity contribution in [3.63, 3.8) is 0 Å². The normalized spacial score (nSPS) is 15.0. The highest BCUT2D eigenvalue weighted by Gasteiger charge is 2.18. The molecule has 1 aromatic carbocycles. The summed E-state index contributed by atoms with van der Waals surface area (Å²) in [7, 11) is 0. The quantitative estimate of drug-likeness (QED) is 0.848. The van der Waals surface area contributed by atoms with Crippen molar-refractivity contribution in [2.45, 2.75) is 45.2 Å². The van der Waals surface area contributed by atoms with Gasteiger partial charge in [-0.25, -0.2) is 9.48 Å². The average molecular weight is 316 g/mol. The number of benzene rings is 1. The van der Waals surface area contributed by atoms with Crippen LogP contribution < -0.4 is 5.32 Å². The van der Waals surface area contributed by atoms with E-state index in [1.807, 2.05) is 6.92 Å². The highest BCUT2D eigenvalue weighted by molar-refractivity contribution is 5.94. The van der Waals surface area contributed by atoms with E-state index in [1.54, 1.807) is 22.9 Å². The van der Waals surface area contributed by atoms with E-state index in [1.165, 1.54) is 0 Å². The summed E-state index contributed by atoms with van der Waals surface area (Å²) in [4.78, 5) is 23.8. The van der Waals surface area contributed by atoms with Crippen LogP contribution in [0.15, 0.2) is 18.2 Å². The summed E-state index contributed by atoms with van der Waals surface area (Å²) < 4.78 is 6.83. The van der Waals surface area contributed by atoms with Crippen molar-refractivity contribution in [2.75, 3.05) is 6.61 Å². The molecule has 0 spiro atoms. The van der Waals surface area contributed by atoms with Crippen LogP contribution in [0.1, 0.15) is 43.0 Å². The molecule has 2 aromatic rings. The topological polar surface area (TPSA) is 86.1 Å². The van der Waals surface area contributed by atoms with Gasteiger partial charge in [-0.2, -0.15) is 0 Å². The highest BCUT2D eigenvalue weighted by atomic mass is 16.5. The van der Waals surface area contributed by atoms with Crippen molar-refractivity contribution in [3.8, 4) is 0 Å². The molecule has 23 heavy (non-hydrogen) atoms. The van der Waals surface area contributed by atoms with Gasteiger partial charge in [0.25, 0.3) is 5.91 Å². The van der Waals surface area contributed by atoms with Crippen LogP contribution >= 0.6 is 0 Å². The van der Waals surface area contributed by atoms with Crippen molar-refractivity contribution in [1.29, 1.82) is 0 Å². The third-order valence-electron chi connectivity index (χ3n) is 4.10. The van der Waals surface area contributed by atoms with Gasteiger partial charge >= 0.3 is 5.97 Å². The summed E-state index contributed by atoms with van der Waals surface area (Å²) >= 11 is 0. The molecule has 0 saturated heterocycles. The Morgan fingerprint density at radius 1 is 1.35 bits per heavy atom. The molecule has 1 N–H and O–H groups in total. The van der Waals surface area contributed by atoms with Crippen LogP contribution in [0.4, 0.5) is 0 Å². The minimum Gasteiger partial charge on any atom is -0.452 e. The maximum Gasteiger partial charge on any atom is 0.338 e. The van der Waals surface area contributed by atoms with E-state index in [4.69, 9.17) is 4.74 Å². The van der Waals surface area contributed by atoms with E-state index in [0.29, 0.717) is 17.6 Å². The van der Waals surface area contributed by atoms with E-state index in [2.05, 4.69) is 15.6 Å². The zero-order valence-corrected chi connectivity index (χ0v) is 13.1. The standard InChI is InChI=1S/C16H20N4O3/c1-2-20-14-8-7-11(9-13(14)18-19-20)16(22)23-10-15(21)17-12-5-3-4-6-12/h7-9,12H,2-6,10H2,1H3,(H,17,21). The second-order valence-corrected chi connectivity index (χ2v) is 5.73. The molecule has 1 saturated carbocycles. The second kappa shape index (κ2) is 6.76. The van der Waals surface area contributed by atoms with Crippen molar-refractivity contribution >= 4 is 22.9 Å². The van der Waals surface area contributed by atoms with Crippen LogP contribution in [0.25, 0.3) is 11.0 Å². The van der Waals surface area contributed by atoms with Gasteiger partial charge in [0.1, 0.15) is 5.52 Å². The lowest BCUT2D eigenvalue weighted by Crippen LogP contribution is -2.35. The Balaban J connectivity index is 1.58. The Labute approximate surface area is 134 Å². The first-order valence-electron chi connectivity index (χ1n) is 7.97. The molecule has 0 aliphatic heterocycles. The molecule has 1 heterocycles. The number of nitrogens with one attached hydrogen (secondary N) is 1. The van der Waals surface area contributed by atoms with Crippen molar-refractivity contribution in [2.24, 2.45) is 0 Å². The lowest BCUT2D eigenvalue weighted by molar-refractivity contribution is -0.124. The number of carbonyl (C=O) groups is 2. The zero-order valence-electron chi connectivity index (χ0n) is 13.1. The summed E-state index contributed by atoms with van der Waals surface area (Å²) in [5.41, 5.74) is 1.87. The van der Waals surface area contributed by atoms with E-state index < -0.39 is 5.97 Å². The number of aryl methyl sites for hydroxylation is 1. The maximum absolute atomic E-state index is 12.0. The molecule has 7 heteroatoms. The molecule has 1 aliphatic carbocycles. The molecule has 0 atom stereocenters. The molecule has 0 radical (unpaired) electrons. The molecule has 1 fully saturated rings. The first kappa shape index (κ1) is 15.5. The van der Waals surface area contributed by atoms with E-state index in [9.17, 15) is 9.59 Å². The lowest BCUT2D eigenvalue weighted by Gasteiger charge is -2.11. The van der Waals surface area contributed by atoms with Gasteiger partial charge < -0.3 is 10.1 Å². The minimum absolute atomic E-state index is 0.224. The smallest absolute Gasteiger partial charge is 0.338 e. The van der Waals surface area contributed by atoms with Gasteiger partial charge in [-0.05, 0) is 38.0 Å². The van der Waals surface area contributed by atoms with E-state index >= 15 is 0 Å². The van der Waals surface area contributed by atoms with Gasteiger partial charge in [0.05, 0.1) is 11.1 Å². The first-order valence-corrected chi connectivity index (χ1v) is 7.97. The Bertz CT molecular complexity index is 719. The molecule has 122 valence electrons. The van der Waals surface area contributed by atoms with Gasteiger partial charge in [0.2, 0.25) is 0 Å². The van der Waals surface area contributed by atoms with Gasteiger partial charge in [-0.1, -0.05) is 18.1 Å². The maximum atomic E-state index is 12.0. The summed E-state index contributed by atoms with van der Waals surface area (Å²) in [5, 5.41) is 10.9. The van der Waals surface area contributed by atoms with E-state index in [0.717, 1.165) is 31.2 Å². The fourth-order valence-electron chi connectivity index (χ4n) is 2.89. The summed E-state index contributed by atoms with van der Waals surface area (Å²) in [5.74, 6) is -0.775. The van der Waals surface area contributed by atoms with Gasteiger partial charge in [-0.15, -0.1) is 5.10 Å². The number of ether oxygens (including phenoxy) is 1. The van der Waals surface area contributed by atoms with Crippen molar-refractivity contribution in [3.05, 3.63) is 23.8 Å². The number of aromatic nitrogens is 3. The van der Waals surface area contributed by atoms with Gasteiger partial charge in [-0.3, -0.25) is 4.79 Å². The Hall–Kier alpha value is -2.44. The molecule has 1 amide bonds. The zero-order chi connectivity index (χ0) is 16.2. The van der Waals surface area contributed by atoms with Crippen LogP contribution in [0.5, 0.6) is 0 Å². The van der Waals surface area contributed by atoms with Crippen LogP contribution in [-0.4, -0.2) is 39.5 Å². The molecular weight excluding hydrogens is 296 g/mol. The molecular formula is C16H20N4O3. The minimum atomic E-state index is -0.528. The lowest BCUT2D eigenvalue weighted by atomic mass is 10.2. The number of hydrogen-bond acceptors (Lipinski definition) is 5. The number of amides is 1. The number of nitrogens with zero attached hydrogens (tertiary/aromatic N) is 3. The summed E-state index contributed by atoms with van der Waals surface area (Å²) in [6.07, 6.45) is 4.29. The first-order chi connectivity index (χ1) is 11.2. The Morgan fingerprint density at radius 2 is 2.13 bits per heavy atom. The molecule has 1 aliphatic rings. The highest BCUT2D eigenvalue weighted by Crippen LogP contribution is 2.17. The summed E-state index contributed by atoms with van der Waals surface area (Å²) in [6.45, 7) is 2.43. The van der Waals surface area contributed by atoms with Crippen LogP contribution in [0.2, 0.25) is 0 Å². The van der Waals surface area contributed by atoms with Crippen LogP contribution in [0, 0.1) is 0 Å². The molecule has 1 aromatic heterocycles. The fraction of sp³-hybridized carbons (Fsp3) is 0.500. The van der Waals surface area contributed by atoms with Crippen molar-refractivity contribution < 1.29 is 14.3 Å². The number of carbonyl (C=O) groups excluding carboxylic acids is 2. The molecule has 3 rings (SSSR count). The monoisotopic (exact) mass is 316 g/mol. The predicted molar refractivity (Wildman–Crippen MR) is 83.9 cm³/mol. The van der Waals surface area contributed by atoms with Crippen molar-refractivity contribution in [1.82, 2.24) is 20.3 Å². The fourth-order valence-corrected chi connectivity index (χ4v) is 2.89. The predicted octanol–water partition coefficient (Wildman–Crippen LogP) is 1.67. The second-order valence-electron chi connectivity index (χ2n) is 5.73. The largest absolute Gasteiger partial charge is 0.452 e. The molecule has 0 bridgehead atoms. The van der Waals surface area contributed by atoms with Gasteiger partial charge in [0, 0.05) is 12.6 Å². The average Bonchev–Trinajstić information content (AvgIpc) is 3.20. The van der Waals surface area contributed by atoms with Crippen LogP contribution in [-0.2, 0) is 16.1 Å². The number of fused-ring (bicyclic) bond motifs is 1. The Morgan fingerprint density at radius 3 is 2.87 bits per heavy atom. The number of rotatable bonds is 5. The molecule has 0 unspecified atom stereocenters. The number of esters is 1. The third-order valence-corrected chi connectivity index (χ3v) is 4.10. The van der Waals surface area contributed by atoms with E-state index in [-0.39, 0.29) is 18.6 Å². The Kier molecular flexibility index (Phi) is 4.55. The molecule has 7 nitrogen and oxygen atoms in total. The van der Waals surface area contributed by atoms with Gasteiger partial charge in [0.15, 0.2) is 6.61 Å².